The molecule has 0 radical (unpaired) electrons. The molecular weight excluding hydrogens is 380 g/mol. The van der Waals surface area contributed by atoms with Crippen LogP contribution in [0.3, 0.4) is 0 Å². The molecule has 0 bridgehead atoms. The van der Waals surface area contributed by atoms with E-state index in [4.69, 9.17) is 0 Å². The third-order valence-corrected chi connectivity index (χ3v) is 4.82. The van der Waals surface area contributed by atoms with E-state index in [0.29, 0.717) is 12.1 Å². The molecule has 2 N–H and O–H groups in total. The van der Waals surface area contributed by atoms with Crippen LogP contribution < -0.4 is 10.6 Å². The summed E-state index contributed by atoms with van der Waals surface area (Å²) in [6.07, 6.45) is 5.23. The lowest BCUT2D eigenvalue weighted by Crippen LogP contribution is -2.36. The molecule has 1 aliphatic rings. The van der Waals surface area contributed by atoms with Crippen molar-refractivity contribution in [1.82, 2.24) is 10.6 Å². The summed E-state index contributed by atoms with van der Waals surface area (Å²) in [5.74, 6) is -0.0921. The molecule has 0 atom stereocenters. The molecule has 1 amide bonds. The molecule has 0 aromatic heterocycles. The van der Waals surface area contributed by atoms with E-state index in [1.807, 2.05) is 60.7 Å². The largest absolute Gasteiger partial charge is 0.342 e. The van der Waals surface area contributed by atoms with Crippen molar-refractivity contribution in [3.63, 3.8) is 0 Å². The number of hydrogen-bond acceptors (Lipinski definition) is 2. The van der Waals surface area contributed by atoms with Crippen molar-refractivity contribution >= 4 is 16.7 Å². The molecule has 0 unspecified atom stereocenters. The molecule has 0 spiro atoms. The van der Waals surface area contributed by atoms with Gasteiger partial charge in [0, 0.05) is 12.1 Å². The summed E-state index contributed by atoms with van der Waals surface area (Å²) in [6.45, 7) is 20.2. The average molecular weight is 423 g/mol. The Balaban J connectivity index is 0.00000138. The Hall–Kier alpha value is -2.65. The van der Waals surface area contributed by atoms with Gasteiger partial charge in [0.1, 0.15) is 0 Å². The van der Waals surface area contributed by atoms with Crippen LogP contribution in [-0.4, -0.2) is 19.5 Å². The number of nitrogens with one attached hydrogen (secondary N) is 2. The first kappa shape index (κ1) is 28.4. The van der Waals surface area contributed by atoms with Gasteiger partial charge >= 0.3 is 0 Å². The first-order valence-electron chi connectivity index (χ1n) is 11.6. The van der Waals surface area contributed by atoms with E-state index in [2.05, 4.69) is 54.1 Å². The van der Waals surface area contributed by atoms with E-state index in [0.717, 1.165) is 18.4 Å². The Morgan fingerprint density at radius 2 is 1.52 bits per heavy atom. The van der Waals surface area contributed by atoms with Gasteiger partial charge in [0.2, 0.25) is 0 Å². The fourth-order valence-corrected chi connectivity index (χ4v) is 3.35. The number of amides is 1. The minimum absolute atomic E-state index is 0.0921. The summed E-state index contributed by atoms with van der Waals surface area (Å²) in [5, 5.41) is 8.72. The quantitative estimate of drug-likeness (QED) is 0.376. The van der Waals surface area contributed by atoms with Crippen LogP contribution in [0.2, 0.25) is 0 Å². The molecule has 1 saturated carbocycles. The first-order chi connectivity index (χ1) is 15.1. The van der Waals surface area contributed by atoms with Crippen molar-refractivity contribution in [3.8, 4) is 0 Å². The first-order valence-corrected chi connectivity index (χ1v) is 11.6. The molecule has 3 heteroatoms. The minimum atomic E-state index is -0.280. The van der Waals surface area contributed by atoms with Crippen LogP contribution >= 0.6 is 0 Å². The topological polar surface area (TPSA) is 41.1 Å². The lowest BCUT2D eigenvalue weighted by molar-refractivity contribution is -0.118. The number of benzene rings is 2. The Kier molecular flexibility index (Phi) is 13.9. The fourth-order valence-electron chi connectivity index (χ4n) is 3.35. The Bertz CT molecular complexity index is 855. The Morgan fingerprint density at radius 3 is 2.03 bits per heavy atom. The zero-order valence-corrected chi connectivity index (χ0v) is 20.6. The van der Waals surface area contributed by atoms with E-state index < -0.39 is 0 Å². The molecule has 2 aromatic carbocycles. The highest BCUT2D eigenvalue weighted by Gasteiger charge is 2.46. The standard InChI is InChI=1S/C22H24N2O.3C2H6/c1-4-16(15-23-3)18(5-2)21(25)24-22(13-14-22)20-12-8-10-17-9-6-7-11-19(17)20;3*1-2/h4-12,23H,1-2,13-15H2,3H3,(H,24,25);3*1-2H3/b18-16-;;;. The van der Waals surface area contributed by atoms with E-state index >= 15 is 0 Å². The van der Waals surface area contributed by atoms with Crippen molar-refractivity contribution in [2.24, 2.45) is 0 Å². The molecule has 1 fully saturated rings. The summed E-state index contributed by atoms with van der Waals surface area (Å²) in [5.41, 5.74) is 2.34. The number of carbonyl (C=O) groups is 1. The lowest BCUT2D eigenvalue weighted by atomic mass is 9.96. The monoisotopic (exact) mass is 422 g/mol. The zero-order chi connectivity index (χ0) is 23.9. The van der Waals surface area contributed by atoms with Crippen LogP contribution in [0.1, 0.15) is 59.9 Å². The molecule has 3 nitrogen and oxygen atoms in total. The summed E-state index contributed by atoms with van der Waals surface area (Å²) in [7, 11) is 1.85. The molecule has 31 heavy (non-hydrogen) atoms. The van der Waals surface area contributed by atoms with Gasteiger partial charge in [-0.05, 0) is 41.8 Å². The maximum absolute atomic E-state index is 12.9. The van der Waals surface area contributed by atoms with Gasteiger partial charge in [0.25, 0.3) is 5.91 Å². The van der Waals surface area contributed by atoms with E-state index in [1.165, 1.54) is 16.3 Å². The van der Waals surface area contributed by atoms with Gasteiger partial charge in [-0.3, -0.25) is 4.79 Å². The highest BCUT2D eigenvalue weighted by atomic mass is 16.1. The lowest BCUT2D eigenvalue weighted by Gasteiger charge is -2.21. The van der Waals surface area contributed by atoms with Gasteiger partial charge in [-0.25, -0.2) is 0 Å². The summed E-state index contributed by atoms with van der Waals surface area (Å²) in [6, 6.07) is 14.6. The number of fused-ring (bicyclic) bond motifs is 1. The van der Waals surface area contributed by atoms with Crippen LogP contribution in [0.15, 0.2) is 78.9 Å². The van der Waals surface area contributed by atoms with Crippen LogP contribution in [0.5, 0.6) is 0 Å². The van der Waals surface area contributed by atoms with Gasteiger partial charge < -0.3 is 10.6 Å². The van der Waals surface area contributed by atoms with Gasteiger partial charge in [0.05, 0.1) is 5.54 Å². The Morgan fingerprint density at radius 1 is 0.935 bits per heavy atom. The van der Waals surface area contributed by atoms with Crippen LogP contribution in [0, 0.1) is 0 Å². The van der Waals surface area contributed by atoms with Crippen LogP contribution in [0.25, 0.3) is 10.8 Å². The molecule has 170 valence electrons. The predicted octanol–water partition coefficient (Wildman–Crippen LogP) is 6.91. The summed E-state index contributed by atoms with van der Waals surface area (Å²) < 4.78 is 0. The van der Waals surface area contributed by atoms with Crippen LogP contribution in [0.4, 0.5) is 0 Å². The van der Waals surface area contributed by atoms with Crippen molar-refractivity contribution in [3.05, 3.63) is 84.5 Å². The zero-order valence-electron chi connectivity index (χ0n) is 20.6. The highest BCUT2D eigenvalue weighted by molar-refractivity contribution is 5.99. The summed E-state index contributed by atoms with van der Waals surface area (Å²) >= 11 is 0. The summed E-state index contributed by atoms with van der Waals surface area (Å²) in [4.78, 5) is 12.9. The van der Waals surface area contributed by atoms with Crippen molar-refractivity contribution in [2.45, 2.75) is 59.9 Å². The maximum atomic E-state index is 12.9. The molecule has 0 aliphatic heterocycles. The number of carbonyl (C=O) groups excluding carboxylic acids is 1. The molecule has 1 aliphatic carbocycles. The second kappa shape index (κ2) is 15.2. The highest BCUT2D eigenvalue weighted by Crippen LogP contribution is 2.48. The van der Waals surface area contributed by atoms with E-state index in [9.17, 15) is 4.79 Å². The third-order valence-electron chi connectivity index (χ3n) is 4.82. The Labute approximate surface area is 190 Å². The third kappa shape index (κ3) is 7.22. The predicted molar refractivity (Wildman–Crippen MR) is 138 cm³/mol. The maximum Gasteiger partial charge on any atom is 0.252 e. The van der Waals surface area contributed by atoms with E-state index in [-0.39, 0.29) is 11.4 Å². The van der Waals surface area contributed by atoms with Gasteiger partial charge in [-0.1, -0.05) is 109 Å². The number of hydrogen-bond donors (Lipinski definition) is 2. The second-order valence-corrected chi connectivity index (χ2v) is 6.44. The normalized spacial score (nSPS) is 13.5. The SMILES string of the molecule is C=C/C(CNC)=C(\C=C)C(=O)NC1(c2cccc3ccccc23)CC1.CC.CC.CC. The molecule has 0 heterocycles. The number of rotatable bonds is 7. The molecule has 3 rings (SSSR count). The van der Waals surface area contributed by atoms with Gasteiger partial charge in [-0.2, -0.15) is 0 Å². The fraction of sp³-hybridized carbons (Fsp3) is 0.393. The van der Waals surface area contributed by atoms with E-state index in [1.54, 1.807) is 12.2 Å². The smallest absolute Gasteiger partial charge is 0.252 e. The van der Waals surface area contributed by atoms with Gasteiger partial charge in [0.15, 0.2) is 0 Å². The average Bonchev–Trinajstić information content (AvgIpc) is 3.62. The van der Waals surface area contributed by atoms with Crippen LogP contribution in [-0.2, 0) is 10.3 Å². The van der Waals surface area contributed by atoms with Crippen molar-refractivity contribution < 1.29 is 4.79 Å². The van der Waals surface area contributed by atoms with Crippen molar-refractivity contribution in [2.75, 3.05) is 13.6 Å². The van der Waals surface area contributed by atoms with Gasteiger partial charge in [-0.15, -0.1) is 0 Å². The number of likely N-dealkylation sites (N-methyl/N-ethyl adjacent to an activating group) is 1. The molecular formula is C28H42N2O. The van der Waals surface area contributed by atoms with Crippen molar-refractivity contribution in [1.29, 1.82) is 0 Å². The second-order valence-electron chi connectivity index (χ2n) is 6.44. The minimum Gasteiger partial charge on any atom is -0.342 e. The molecule has 2 aromatic rings. The molecule has 0 saturated heterocycles.